The first-order valence-electron chi connectivity index (χ1n) is 6.78. The van der Waals surface area contributed by atoms with Crippen LogP contribution in [-0.2, 0) is 6.54 Å². The highest BCUT2D eigenvalue weighted by molar-refractivity contribution is 5.93. The minimum absolute atomic E-state index is 0.0722. The minimum atomic E-state index is 0.0722. The van der Waals surface area contributed by atoms with Gasteiger partial charge in [0.1, 0.15) is 0 Å². The maximum absolute atomic E-state index is 8.63. The molecular weight excluding hydrogens is 228 g/mol. The Kier molecular flexibility index (Phi) is 6.91. The van der Waals surface area contributed by atoms with E-state index in [4.69, 9.17) is 10.9 Å². The maximum atomic E-state index is 8.63. The zero-order valence-electron chi connectivity index (χ0n) is 11.2. The van der Waals surface area contributed by atoms with Crippen LogP contribution in [0.4, 0.5) is 0 Å². The van der Waals surface area contributed by atoms with Gasteiger partial charge in [-0.3, -0.25) is 0 Å². The predicted octanol–water partition coefficient (Wildman–Crippen LogP) is 2.73. The number of nitrogens with two attached hydrogens (primary N) is 1. The summed E-state index contributed by atoms with van der Waals surface area (Å²) in [6.07, 6.45) is 12.5. The highest BCUT2D eigenvalue weighted by Gasteiger charge is 2.06. The number of aromatic nitrogens is 2. The fourth-order valence-electron chi connectivity index (χ4n) is 2.01. The Hall–Kier alpha value is -1.52. The number of aryl methyl sites for hydroxylation is 1. The number of rotatable bonds is 9. The van der Waals surface area contributed by atoms with Crippen LogP contribution in [-0.4, -0.2) is 20.6 Å². The summed E-state index contributed by atoms with van der Waals surface area (Å²) in [5.74, 6) is 0.617. The Bertz CT molecular complexity index is 360. The summed E-state index contributed by atoms with van der Waals surface area (Å²) in [5.41, 5.74) is 5.54. The summed E-state index contributed by atoms with van der Waals surface area (Å²) in [7, 11) is 0. The fourth-order valence-corrected chi connectivity index (χ4v) is 2.01. The highest BCUT2D eigenvalue weighted by atomic mass is 16.4. The lowest BCUT2D eigenvalue weighted by Crippen LogP contribution is -2.19. The smallest absolute Gasteiger partial charge is 0.206 e. The van der Waals surface area contributed by atoms with Crippen LogP contribution in [0.15, 0.2) is 17.5 Å². The van der Waals surface area contributed by atoms with E-state index in [9.17, 15) is 0 Å². The quantitative estimate of drug-likeness (QED) is 0.233. The maximum Gasteiger partial charge on any atom is 0.206 e. The van der Waals surface area contributed by atoms with E-state index in [1.165, 1.54) is 38.5 Å². The lowest BCUT2D eigenvalue weighted by molar-refractivity contribution is 0.318. The van der Waals surface area contributed by atoms with E-state index in [1.807, 2.05) is 10.8 Å². The van der Waals surface area contributed by atoms with Gasteiger partial charge in [-0.05, 0) is 6.42 Å². The molecule has 1 rings (SSSR count). The molecule has 5 nitrogen and oxygen atoms in total. The molecule has 0 radical (unpaired) electrons. The number of imidazole rings is 1. The number of oxime groups is 1. The van der Waals surface area contributed by atoms with Gasteiger partial charge < -0.3 is 15.5 Å². The SMILES string of the molecule is CCCCCCCCCn1ccnc1/C(N)=N/O. The van der Waals surface area contributed by atoms with Crippen molar-refractivity contribution in [1.29, 1.82) is 0 Å². The average Bonchev–Trinajstić information content (AvgIpc) is 2.85. The summed E-state index contributed by atoms with van der Waals surface area (Å²) in [6, 6.07) is 0. The van der Waals surface area contributed by atoms with Gasteiger partial charge >= 0.3 is 0 Å². The molecule has 1 heterocycles. The van der Waals surface area contributed by atoms with Crippen molar-refractivity contribution in [2.24, 2.45) is 10.9 Å². The number of amidine groups is 1. The van der Waals surface area contributed by atoms with Crippen LogP contribution in [0, 0.1) is 0 Å². The highest BCUT2D eigenvalue weighted by Crippen LogP contribution is 2.08. The molecule has 0 aromatic carbocycles. The molecule has 3 N–H and O–H groups in total. The van der Waals surface area contributed by atoms with Gasteiger partial charge in [0.15, 0.2) is 5.82 Å². The Morgan fingerprint density at radius 2 is 1.94 bits per heavy atom. The van der Waals surface area contributed by atoms with E-state index in [0.29, 0.717) is 5.82 Å². The molecule has 0 atom stereocenters. The van der Waals surface area contributed by atoms with Gasteiger partial charge in [0.2, 0.25) is 5.84 Å². The van der Waals surface area contributed by atoms with Gasteiger partial charge in [0, 0.05) is 18.9 Å². The van der Waals surface area contributed by atoms with Gasteiger partial charge in [-0.25, -0.2) is 4.98 Å². The van der Waals surface area contributed by atoms with E-state index in [2.05, 4.69) is 17.1 Å². The number of nitrogens with zero attached hydrogens (tertiary/aromatic N) is 3. The Morgan fingerprint density at radius 1 is 1.28 bits per heavy atom. The zero-order chi connectivity index (χ0) is 13.2. The second-order valence-electron chi connectivity index (χ2n) is 4.55. The molecule has 18 heavy (non-hydrogen) atoms. The van der Waals surface area contributed by atoms with Crippen LogP contribution >= 0.6 is 0 Å². The molecule has 0 saturated heterocycles. The van der Waals surface area contributed by atoms with Crippen molar-refractivity contribution >= 4 is 5.84 Å². The van der Waals surface area contributed by atoms with Crippen LogP contribution in [0.2, 0.25) is 0 Å². The van der Waals surface area contributed by atoms with Gasteiger partial charge in [-0.15, -0.1) is 0 Å². The third-order valence-electron chi connectivity index (χ3n) is 3.05. The van der Waals surface area contributed by atoms with Crippen molar-refractivity contribution in [1.82, 2.24) is 9.55 Å². The number of hydrogen-bond donors (Lipinski definition) is 2. The van der Waals surface area contributed by atoms with Gasteiger partial charge in [0.05, 0.1) is 0 Å². The normalized spacial score (nSPS) is 11.9. The molecule has 0 spiro atoms. The summed E-state index contributed by atoms with van der Waals surface area (Å²) < 4.78 is 1.93. The largest absolute Gasteiger partial charge is 0.409 e. The lowest BCUT2D eigenvalue weighted by Gasteiger charge is -2.06. The average molecular weight is 252 g/mol. The van der Waals surface area contributed by atoms with Crippen LogP contribution in [0.1, 0.15) is 57.7 Å². The predicted molar refractivity (Wildman–Crippen MR) is 72.7 cm³/mol. The summed E-state index contributed by atoms with van der Waals surface area (Å²) in [4.78, 5) is 4.07. The molecule has 0 aliphatic heterocycles. The lowest BCUT2D eigenvalue weighted by atomic mass is 10.1. The molecule has 0 aliphatic rings. The summed E-state index contributed by atoms with van der Waals surface area (Å²) >= 11 is 0. The number of hydrogen-bond acceptors (Lipinski definition) is 3. The van der Waals surface area contributed by atoms with E-state index in [1.54, 1.807) is 6.20 Å². The molecule has 0 fully saturated rings. The Labute approximate surface area is 109 Å². The first-order chi connectivity index (χ1) is 8.79. The van der Waals surface area contributed by atoms with Crippen LogP contribution in [0.25, 0.3) is 0 Å². The number of unbranched alkanes of at least 4 members (excludes halogenated alkanes) is 6. The molecular formula is C13H24N4O. The molecule has 5 heteroatoms. The second kappa shape index (κ2) is 8.55. The van der Waals surface area contributed by atoms with Crippen molar-refractivity contribution in [2.45, 2.75) is 58.4 Å². The molecule has 1 aromatic heterocycles. The van der Waals surface area contributed by atoms with Gasteiger partial charge in [-0.2, -0.15) is 0 Å². The standard InChI is InChI=1S/C13H24N4O/c1-2-3-4-5-6-7-8-10-17-11-9-15-13(17)12(14)16-18/h9,11,18H,2-8,10H2,1H3,(H2,14,16). The van der Waals surface area contributed by atoms with Crippen molar-refractivity contribution in [3.63, 3.8) is 0 Å². The Morgan fingerprint density at radius 3 is 2.61 bits per heavy atom. The fraction of sp³-hybridized carbons (Fsp3) is 0.692. The van der Waals surface area contributed by atoms with Crippen molar-refractivity contribution in [3.8, 4) is 0 Å². The summed E-state index contributed by atoms with van der Waals surface area (Å²) in [5, 5.41) is 11.6. The van der Waals surface area contributed by atoms with Gasteiger partial charge in [-0.1, -0.05) is 50.6 Å². The molecule has 0 unspecified atom stereocenters. The molecule has 1 aromatic rings. The molecule has 0 bridgehead atoms. The van der Waals surface area contributed by atoms with E-state index < -0.39 is 0 Å². The van der Waals surface area contributed by atoms with Crippen LogP contribution in [0.5, 0.6) is 0 Å². The van der Waals surface area contributed by atoms with Crippen molar-refractivity contribution in [3.05, 3.63) is 18.2 Å². The first-order valence-corrected chi connectivity index (χ1v) is 6.78. The molecule has 102 valence electrons. The molecule has 0 amide bonds. The van der Waals surface area contributed by atoms with Crippen molar-refractivity contribution in [2.75, 3.05) is 0 Å². The third kappa shape index (κ3) is 4.77. The zero-order valence-corrected chi connectivity index (χ0v) is 11.2. The molecule has 0 saturated carbocycles. The third-order valence-corrected chi connectivity index (χ3v) is 3.05. The second-order valence-corrected chi connectivity index (χ2v) is 4.55. The molecule has 0 aliphatic carbocycles. The van der Waals surface area contributed by atoms with E-state index in [-0.39, 0.29) is 5.84 Å². The summed E-state index contributed by atoms with van der Waals surface area (Å²) in [6.45, 7) is 3.10. The van der Waals surface area contributed by atoms with E-state index in [0.717, 1.165) is 13.0 Å². The van der Waals surface area contributed by atoms with Crippen LogP contribution < -0.4 is 5.73 Å². The van der Waals surface area contributed by atoms with E-state index >= 15 is 0 Å². The minimum Gasteiger partial charge on any atom is -0.409 e. The monoisotopic (exact) mass is 252 g/mol. The van der Waals surface area contributed by atoms with Gasteiger partial charge in [0.25, 0.3) is 0 Å². The van der Waals surface area contributed by atoms with Crippen molar-refractivity contribution < 1.29 is 5.21 Å². The van der Waals surface area contributed by atoms with Crippen LogP contribution in [0.3, 0.4) is 0 Å². The topological polar surface area (TPSA) is 76.4 Å². The Balaban J connectivity index is 2.21. The first kappa shape index (κ1) is 14.5.